The number of nitrogens with one attached hydrogen (secondary N) is 1. The molecule has 244 valence electrons. The van der Waals surface area contributed by atoms with Gasteiger partial charge >= 0.3 is 0 Å². The smallest absolute Gasteiger partial charge is 0.276 e. The number of hydrogen-bond acceptors (Lipinski definition) is 7. The van der Waals surface area contributed by atoms with Gasteiger partial charge in [0.25, 0.3) is 11.5 Å². The van der Waals surface area contributed by atoms with Crippen LogP contribution in [0, 0.1) is 5.92 Å². The van der Waals surface area contributed by atoms with Crippen LogP contribution in [0.2, 0.25) is 0 Å². The third-order valence-corrected chi connectivity index (χ3v) is 12.0. The number of aromatic nitrogens is 3. The number of sulfone groups is 1. The molecule has 3 aromatic rings. The van der Waals surface area contributed by atoms with Crippen LogP contribution in [-0.2, 0) is 22.3 Å². The lowest BCUT2D eigenvalue weighted by Gasteiger charge is -2.36. The summed E-state index contributed by atoms with van der Waals surface area (Å²) in [4.78, 5) is 25.3. The maximum atomic E-state index is 15.9. The van der Waals surface area contributed by atoms with E-state index in [-0.39, 0.29) is 34.6 Å². The van der Waals surface area contributed by atoms with Crippen LogP contribution in [0.1, 0.15) is 99.8 Å². The van der Waals surface area contributed by atoms with E-state index < -0.39 is 21.7 Å². The predicted molar refractivity (Wildman–Crippen MR) is 174 cm³/mol. The number of nitrogens with zero attached hydrogens (tertiary/aromatic N) is 4. The Hall–Kier alpha value is -2.92. The SMILES string of the molecule is C[C@H]1Nc2ncnc3c2cc(C2CCS(=O)(=O)CC2)c(=O)n3CCCCCCCCN2CCC(CC2)C(F)(F)c2cccc1c2. The first kappa shape index (κ1) is 32.0. The van der Waals surface area contributed by atoms with Crippen molar-refractivity contribution < 1.29 is 17.2 Å². The standard InChI is InChI=1S/C34H45F2N5O3S/c1-24-26-9-8-10-28(21-26)34(35,36)27-11-17-40(18-12-27)15-6-4-2-3-5-7-16-41-32-30(31(39-24)37-23-38-32)22-29(33(41)42)25-13-19-45(43,44)20-14-25/h8-10,21-25,27H,2-7,11-20H2,1H3,(H,37,38,39)/t24-/m1/s1. The molecule has 2 fully saturated rings. The predicted octanol–water partition coefficient (Wildman–Crippen LogP) is 6.41. The summed E-state index contributed by atoms with van der Waals surface area (Å²) in [6.45, 7) is 4.83. The van der Waals surface area contributed by atoms with Gasteiger partial charge in [0.05, 0.1) is 16.9 Å². The molecule has 1 atom stereocenters. The lowest BCUT2D eigenvalue weighted by molar-refractivity contribution is -0.0855. The average molecular weight is 642 g/mol. The van der Waals surface area contributed by atoms with Gasteiger partial charge in [0.15, 0.2) is 0 Å². The maximum Gasteiger partial charge on any atom is 0.276 e. The highest BCUT2D eigenvalue weighted by Gasteiger charge is 2.42. The first-order chi connectivity index (χ1) is 21.6. The van der Waals surface area contributed by atoms with E-state index in [4.69, 9.17) is 0 Å². The van der Waals surface area contributed by atoms with Crippen LogP contribution in [0.25, 0.3) is 11.0 Å². The van der Waals surface area contributed by atoms with Crippen molar-refractivity contribution in [1.82, 2.24) is 19.4 Å². The summed E-state index contributed by atoms with van der Waals surface area (Å²) in [5.74, 6) is -3.09. The normalized spacial score (nSPS) is 26.5. The Morgan fingerprint density at radius 1 is 0.889 bits per heavy atom. The summed E-state index contributed by atoms with van der Waals surface area (Å²) < 4.78 is 57.8. The van der Waals surface area contributed by atoms with Gasteiger partial charge in [-0.05, 0) is 88.7 Å². The molecule has 8 bridgehead atoms. The Morgan fingerprint density at radius 3 is 2.31 bits per heavy atom. The van der Waals surface area contributed by atoms with Gasteiger partial charge in [-0.15, -0.1) is 0 Å². The lowest BCUT2D eigenvalue weighted by atomic mass is 9.85. The van der Waals surface area contributed by atoms with E-state index in [0.717, 1.165) is 50.6 Å². The molecule has 0 saturated carbocycles. The second-order valence-electron chi connectivity index (χ2n) is 13.3. The molecule has 4 aliphatic rings. The highest BCUT2D eigenvalue weighted by Crippen LogP contribution is 2.42. The van der Waals surface area contributed by atoms with Gasteiger partial charge in [0.2, 0.25) is 0 Å². The van der Waals surface area contributed by atoms with Crippen molar-refractivity contribution in [3.8, 4) is 0 Å². The van der Waals surface area contributed by atoms with Crippen LogP contribution in [0.5, 0.6) is 0 Å². The molecule has 0 amide bonds. The van der Waals surface area contributed by atoms with E-state index >= 15 is 8.78 Å². The number of hydrogen-bond donors (Lipinski definition) is 1. The van der Waals surface area contributed by atoms with E-state index in [1.54, 1.807) is 16.7 Å². The van der Waals surface area contributed by atoms with Gasteiger partial charge in [-0.3, -0.25) is 9.36 Å². The summed E-state index contributed by atoms with van der Waals surface area (Å²) >= 11 is 0. The third-order valence-electron chi connectivity index (χ3n) is 10.2. The first-order valence-corrected chi connectivity index (χ1v) is 18.5. The third kappa shape index (κ3) is 7.09. The molecule has 11 heteroatoms. The zero-order chi connectivity index (χ0) is 31.6. The number of anilines is 1. The molecule has 45 heavy (non-hydrogen) atoms. The molecule has 1 N–H and O–H groups in total. The quantitative estimate of drug-likeness (QED) is 0.328. The zero-order valence-corrected chi connectivity index (χ0v) is 27.0. The number of pyridine rings is 1. The number of rotatable bonds is 1. The highest BCUT2D eigenvalue weighted by atomic mass is 32.2. The van der Waals surface area contributed by atoms with Crippen LogP contribution in [0.4, 0.5) is 14.6 Å². The number of alkyl halides is 2. The molecular weight excluding hydrogens is 596 g/mol. The molecule has 0 spiro atoms. The van der Waals surface area contributed by atoms with Crippen LogP contribution in [0.15, 0.2) is 41.5 Å². The second-order valence-corrected chi connectivity index (χ2v) is 15.6. The summed E-state index contributed by atoms with van der Waals surface area (Å²) in [5, 5.41) is 4.12. The van der Waals surface area contributed by atoms with Gasteiger partial charge < -0.3 is 10.2 Å². The Morgan fingerprint density at radius 2 is 1.58 bits per heavy atom. The number of aryl methyl sites for hydroxylation is 1. The minimum Gasteiger partial charge on any atom is -0.363 e. The van der Waals surface area contributed by atoms with Gasteiger partial charge in [0.1, 0.15) is 27.6 Å². The monoisotopic (exact) mass is 641 g/mol. The minimum atomic E-state index is -3.09. The van der Waals surface area contributed by atoms with E-state index in [9.17, 15) is 13.2 Å². The van der Waals surface area contributed by atoms with E-state index in [0.29, 0.717) is 67.7 Å². The Balaban J connectivity index is 1.37. The summed E-state index contributed by atoms with van der Waals surface area (Å²) in [7, 11) is -3.09. The number of piperidine rings is 1. The average Bonchev–Trinajstić information content (AvgIpc) is 3.03. The molecule has 2 aromatic heterocycles. The highest BCUT2D eigenvalue weighted by molar-refractivity contribution is 7.91. The molecule has 0 aliphatic carbocycles. The van der Waals surface area contributed by atoms with Crippen LogP contribution in [-0.4, -0.2) is 59.0 Å². The van der Waals surface area contributed by atoms with E-state index in [2.05, 4.69) is 20.2 Å². The van der Waals surface area contributed by atoms with Crippen LogP contribution < -0.4 is 10.9 Å². The Labute approximate surface area is 264 Å². The topological polar surface area (TPSA) is 97.2 Å². The zero-order valence-electron chi connectivity index (χ0n) is 26.2. The van der Waals surface area contributed by atoms with E-state index in [1.807, 2.05) is 19.1 Å². The second kappa shape index (κ2) is 13.4. The molecule has 7 rings (SSSR count). The van der Waals surface area contributed by atoms with Crippen LogP contribution >= 0.6 is 0 Å². The number of fused-ring (bicyclic) bond motifs is 10. The lowest BCUT2D eigenvalue weighted by Crippen LogP contribution is -2.40. The molecular formula is C34H45F2N5O3S. The molecule has 2 saturated heterocycles. The number of halogens is 2. The summed E-state index contributed by atoms with van der Waals surface area (Å²) in [5.41, 5.74) is 1.79. The van der Waals surface area contributed by atoms with E-state index in [1.165, 1.54) is 12.4 Å². The molecule has 8 nitrogen and oxygen atoms in total. The van der Waals surface area contributed by atoms with Crippen molar-refractivity contribution in [1.29, 1.82) is 0 Å². The number of benzene rings is 1. The van der Waals surface area contributed by atoms with Crippen molar-refractivity contribution >= 4 is 26.7 Å². The van der Waals surface area contributed by atoms with Crippen molar-refractivity contribution in [2.24, 2.45) is 5.92 Å². The molecule has 0 radical (unpaired) electrons. The fourth-order valence-corrected chi connectivity index (χ4v) is 8.88. The minimum absolute atomic E-state index is 0.0464. The molecule has 6 heterocycles. The fourth-order valence-electron chi connectivity index (χ4n) is 7.39. The van der Waals surface area contributed by atoms with Crippen molar-refractivity contribution in [3.05, 3.63) is 63.7 Å². The van der Waals surface area contributed by atoms with Gasteiger partial charge in [-0.2, -0.15) is 0 Å². The van der Waals surface area contributed by atoms with Gasteiger partial charge in [0, 0.05) is 29.6 Å². The van der Waals surface area contributed by atoms with Crippen molar-refractivity contribution in [3.63, 3.8) is 0 Å². The first-order valence-electron chi connectivity index (χ1n) is 16.7. The van der Waals surface area contributed by atoms with Crippen molar-refractivity contribution in [2.75, 3.05) is 36.5 Å². The maximum absolute atomic E-state index is 15.9. The molecule has 4 aliphatic heterocycles. The largest absolute Gasteiger partial charge is 0.363 e. The Kier molecular flexibility index (Phi) is 9.57. The summed E-state index contributed by atoms with van der Waals surface area (Å²) in [6, 6.07) is 8.20. The Bertz CT molecular complexity index is 1660. The van der Waals surface area contributed by atoms with Crippen molar-refractivity contribution in [2.45, 2.75) is 95.6 Å². The summed E-state index contributed by atoms with van der Waals surface area (Å²) in [6.07, 6.45) is 9.43. The fraction of sp³-hybridized carbons (Fsp3) is 0.618. The molecule has 1 aromatic carbocycles. The molecule has 0 unspecified atom stereocenters. The van der Waals surface area contributed by atoms with Gasteiger partial charge in [-0.25, -0.2) is 27.2 Å². The van der Waals surface area contributed by atoms with Crippen LogP contribution in [0.3, 0.4) is 0 Å². The van der Waals surface area contributed by atoms with Gasteiger partial charge in [-0.1, -0.05) is 43.9 Å².